The molecule has 0 N–H and O–H groups in total. The quantitative estimate of drug-likeness (QED) is 0.188. The molecule has 0 radical (unpaired) electrons. The first-order chi connectivity index (χ1) is 24.8. The van der Waals surface area contributed by atoms with E-state index >= 15 is 0 Å². The fourth-order valence-corrected chi connectivity index (χ4v) is 8.69. The van der Waals surface area contributed by atoms with Gasteiger partial charge in [0.1, 0.15) is 39.1 Å². The molecule has 13 rings (SSSR count). The molecule has 5 heterocycles. The molecule has 7 aromatic carbocycles. The first kappa shape index (κ1) is 25.1. The summed E-state index contributed by atoms with van der Waals surface area (Å²) in [6.45, 7) is 0. The van der Waals surface area contributed by atoms with Gasteiger partial charge < -0.3 is 13.3 Å². The molecule has 12 aromatic rings. The van der Waals surface area contributed by atoms with Gasteiger partial charge in [0.05, 0.1) is 11.0 Å². The van der Waals surface area contributed by atoms with E-state index in [1.54, 1.807) is 0 Å². The highest BCUT2D eigenvalue weighted by atomic mass is 16.3. The molecule has 1 aliphatic rings. The third-order valence-electron chi connectivity index (χ3n) is 10.7. The molecule has 0 aliphatic heterocycles. The van der Waals surface area contributed by atoms with Crippen molar-refractivity contribution in [3.05, 3.63) is 127 Å². The zero-order valence-electron chi connectivity index (χ0n) is 26.2. The highest BCUT2D eigenvalue weighted by Crippen LogP contribution is 2.51. The van der Waals surface area contributed by atoms with E-state index in [2.05, 4.69) is 89.5 Å². The summed E-state index contributed by atoms with van der Waals surface area (Å²) >= 11 is 0. The molecule has 50 heavy (non-hydrogen) atoms. The minimum atomic E-state index is 0.496. The first-order valence-electron chi connectivity index (χ1n) is 16.7. The third-order valence-corrected chi connectivity index (χ3v) is 10.7. The summed E-state index contributed by atoms with van der Waals surface area (Å²) in [5, 5.41) is 10.1. The topological polar surface area (TPSA) is 70.1 Å². The Balaban J connectivity index is 1.23. The molecule has 5 aromatic heterocycles. The van der Waals surface area contributed by atoms with E-state index in [4.69, 9.17) is 23.2 Å². The fourth-order valence-electron chi connectivity index (χ4n) is 8.69. The average Bonchev–Trinajstić information content (AvgIpc) is 3.89. The zero-order valence-corrected chi connectivity index (χ0v) is 26.2. The Bertz CT molecular complexity index is 3500. The molecule has 0 amide bonds. The van der Waals surface area contributed by atoms with Gasteiger partial charge in [-0.05, 0) is 76.5 Å². The van der Waals surface area contributed by atoms with Crippen LogP contribution in [0.25, 0.3) is 127 Å². The molecule has 230 valence electrons. The Morgan fingerprint density at radius 2 is 1.12 bits per heavy atom. The highest BCUT2D eigenvalue weighted by Gasteiger charge is 2.28. The maximum absolute atomic E-state index is 6.52. The molecular weight excluding hydrogens is 619 g/mol. The van der Waals surface area contributed by atoms with Crippen molar-refractivity contribution < 1.29 is 13.3 Å². The molecule has 0 saturated carbocycles. The SMILES string of the molecule is c1cc2c3c(c1)ccc1c3c3c4c(ccc3n1-c1nc3oc5ccccc5c3nc1-c1ccc3c(c1)oc1ccccc13)oc1cccc-2c14. The van der Waals surface area contributed by atoms with Gasteiger partial charge in [-0.15, -0.1) is 0 Å². The van der Waals surface area contributed by atoms with E-state index in [1.165, 1.54) is 27.3 Å². The molecule has 6 heteroatoms. The van der Waals surface area contributed by atoms with Gasteiger partial charge in [-0.25, -0.2) is 4.98 Å². The normalized spacial score (nSPS) is 12.8. The Hall–Kier alpha value is -6.92. The Kier molecular flexibility index (Phi) is 4.30. The summed E-state index contributed by atoms with van der Waals surface area (Å²) in [6, 6.07) is 44.2. The fraction of sp³-hybridized carbons (Fsp3) is 0. The largest absolute Gasteiger partial charge is 0.456 e. The number of fused-ring (bicyclic) bond motifs is 7. The maximum Gasteiger partial charge on any atom is 0.248 e. The molecular formula is C44H21N3O3. The number of rotatable bonds is 2. The number of para-hydroxylation sites is 2. The van der Waals surface area contributed by atoms with E-state index in [9.17, 15) is 0 Å². The molecule has 0 unspecified atom stereocenters. The van der Waals surface area contributed by atoms with Gasteiger partial charge in [-0.1, -0.05) is 72.8 Å². The van der Waals surface area contributed by atoms with E-state index in [0.717, 1.165) is 88.0 Å². The second-order valence-corrected chi connectivity index (χ2v) is 13.3. The van der Waals surface area contributed by atoms with Crippen molar-refractivity contribution in [2.24, 2.45) is 0 Å². The molecule has 0 atom stereocenters. The third kappa shape index (κ3) is 2.93. The van der Waals surface area contributed by atoms with Crippen LogP contribution in [-0.2, 0) is 0 Å². The molecule has 0 saturated heterocycles. The van der Waals surface area contributed by atoms with Crippen LogP contribution in [0.1, 0.15) is 0 Å². The van der Waals surface area contributed by atoms with Crippen molar-refractivity contribution in [2.75, 3.05) is 0 Å². The van der Waals surface area contributed by atoms with Gasteiger partial charge in [0.2, 0.25) is 5.71 Å². The van der Waals surface area contributed by atoms with Gasteiger partial charge in [-0.2, -0.15) is 4.98 Å². The number of benzene rings is 7. The van der Waals surface area contributed by atoms with Crippen LogP contribution in [0.2, 0.25) is 0 Å². The minimum Gasteiger partial charge on any atom is -0.456 e. The van der Waals surface area contributed by atoms with Crippen molar-refractivity contribution in [3.63, 3.8) is 0 Å². The predicted molar refractivity (Wildman–Crippen MR) is 200 cm³/mol. The minimum absolute atomic E-state index is 0.496. The smallest absolute Gasteiger partial charge is 0.248 e. The monoisotopic (exact) mass is 639 g/mol. The molecule has 1 aliphatic carbocycles. The number of aromatic nitrogens is 3. The maximum atomic E-state index is 6.52. The van der Waals surface area contributed by atoms with Crippen molar-refractivity contribution in [3.8, 4) is 28.2 Å². The summed E-state index contributed by atoms with van der Waals surface area (Å²) in [5.41, 5.74) is 11.5. The Morgan fingerprint density at radius 1 is 0.440 bits per heavy atom. The average molecular weight is 640 g/mol. The Morgan fingerprint density at radius 3 is 2.02 bits per heavy atom. The van der Waals surface area contributed by atoms with Gasteiger partial charge in [-0.3, -0.25) is 4.57 Å². The van der Waals surface area contributed by atoms with Gasteiger partial charge in [0.25, 0.3) is 0 Å². The van der Waals surface area contributed by atoms with Crippen LogP contribution < -0.4 is 0 Å². The molecule has 6 nitrogen and oxygen atoms in total. The van der Waals surface area contributed by atoms with E-state index in [-0.39, 0.29) is 0 Å². The van der Waals surface area contributed by atoms with Crippen molar-refractivity contribution in [1.82, 2.24) is 14.5 Å². The van der Waals surface area contributed by atoms with Gasteiger partial charge in [0, 0.05) is 43.3 Å². The summed E-state index contributed by atoms with van der Waals surface area (Å²) < 4.78 is 21.6. The lowest BCUT2D eigenvalue weighted by Crippen LogP contribution is -2.03. The summed E-state index contributed by atoms with van der Waals surface area (Å²) in [5.74, 6) is 0.691. The van der Waals surface area contributed by atoms with E-state index in [0.29, 0.717) is 11.5 Å². The summed E-state index contributed by atoms with van der Waals surface area (Å²) in [6.07, 6.45) is 0. The van der Waals surface area contributed by atoms with Crippen LogP contribution in [-0.4, -0.2) is 14.5 Å². The Labute approximate surface area is 281 Å². The van der Waals surface area contributed by atoms with Crippen LogP contribution in [0.5, 0.6) is 0 Å². The van der Waals surface area contributed by atoms with E-state index < -0.39 is 0 Å². The van der Waals surface area contributed by atoms with Crippen molar-refractivity contribution >= 4 is 98.7 Å². The van der Waals surface area contributed by atoms with Crippen LogP contribution in [0.15, 0.2) is 141 Å². The summed E-state index contributed by atoms with van der Waals surface area (Å²) in [7, 11) is 0. The standard InChI is InChI=1S/C44H21N3O3/c1-3-12-31-24(8-1)25-17-15-23(21-35(25)48-31)41-43(46-44-42(45-41)28-9-2-4-13-32(28)50-44)47-29-18-16-22-7-5-10-26-27-11-6-14-33-37(27)40-34(49-33)20-19-30(47)39(40)38(29)36(22)26/h1-21H. The van der Waals surface area contributed by atoms with Crippen molar-refractivity contribution in [1.29, 1.82) is 0 Å². The second kappa shape index (κ2) is 8.56. The predicted octanol–water partition coefficient (Wildman–Crippen LogP) is 12.1. The van der Waals surface area contributed by atoms with Gasteiger partial charge >= 0.3 is 0 Å². The van der Waals surface area contributed by atoms with Crippen LogP contribution in [0.4, 0.5) is 0 Å². The van der Waals surface area contributed by atoms with Gasteiger partial charge in [0.15, 0.2) is 5.82 Å². The lowest BCUT2D eigenvalue weighted by Gasteiger charge is -2.13. The summed E-state index contributed by atoms with van der Waals surface area (Å²) in [4.78, 5) is 10.8. The number of hydrogen-bond acceptors (Lipinski definition) is 5. The van der Waals surface area contributed by atoms with E-state index in [1.807, 2.05) is 42.5 Å². The van der Waals surface area contributed by atoms with Crippen molar-refractivity contribution in [2.45, 2.75) is 0 Å². The molecule has 0 spiro atoms. The number of nitrogens with zero attached hydrogens (tertiary/aromatic N) is 3. The first-order valence-corrected chi connectivity index (χ1v) is 16.7. The number of hydrogen-bond donors (Lipinski definition) is 0. The van der Waals surface area contributed by atoms with Crippen LogP contribution in [0, 0.1) is 0 Å². The lowest BCUT2D eigenvalue weighted by molar-refractivity contribution is 0.652. The van der Waals surface area contributed by atoms with Crippen LogP contribution in [0.3, 0.4) is 0 Å². The second-order valence-electron chi connectivity index (χ2n) is 13.3. The lowest BCUT2D eigenvalue weighted by atomic mass is 9.95. The number of furan rings is 3. The zero-order chi connectivity index (χ0) is 32.2. The molecule has 0 fully saturated rings. The van der Waals surface area contributed by atoms with Crippen LogP contribution >= 0.6 is 0 Å². The highest BCUT2D eigenvalue weighted by molar-refractivity contribution is 6.38. The molecule has 0 bridgehead atoms.